The quantitative estimate of drug-likeness (QED) is 0.416. The molecule has 1 aliphatic carbocycles. The topological polar surface area (TPSA) is 29.5 Å². The van der Waals surface area contributed by atoms with E-state index in [0.717, 1.165) is 19.3 Å². The molecule has 172 valence electrons. The molecule has 0 saturated carbocycles. The number of benzene rings is 3. The lowest BCUT2D eigenvalue weighted by Gasteiger charge is -2.34. The molecule has 3 heteroatoms. The number of fused-ring (bicyclic) bond motifs is 5. The van der Waals surface area contributed by atoms with Crippen molar-refractivity contribution in [2.45, 2.75) is 57.0 Å². The van der Waals surface area contributed by atoms with Crippen LogP contribution in [0.3, 0.4) is 0 Å². The molecule has 2 aliphatic heterocycles. The summed E-state index contributed by atoms with van der Waals surface area (Å²) in [4.78, 5) is 15.3. The average molecular weight is 450 g/mol. The maximum Gasteiger partial charge on any atom is 0.410 e. The first kappa shape index (κ1) is 21.2. The van der Waals surface area contributed by atoms with Gasteiger partial charge in [0.15, 0.2) is 0 Å². The molecule has 2 bridgehead atoms. The normalized spacial score (nSPS) is 20.8. The van der Waals surface area contributed by atoms with Gasteiger partial charge in [-0.25, -0.2) is 4.79 Å². The van der Waals surface area contributed by atoms with Gasteiger partial charge in [0.1, 0.15) is 6.61 Å². The second-order valence-corrected chi connectivity index (χ2v) is 10.1. The summed E-state index contributed by atoms with van der Waals surface area (Å²) in [6, 6.07) is 26.1. The van der Waals surface area contributed by atoms with Crippen molar-refractivity contribution >= 4 is 11.7 Å². The lowest BCUT2D eigenvalue weighted by Crippen LogP contribution is -2.43. The summed E-state index contributed by atoms with van der Waals surface area (Å²) in [6.45, 7) is 4.88. The Balaban J connectivity index is 1.21. The smallest absolute Gasteiger partial charge is 0.410 e. The van der Waals surface area contributed by atoms with Crippen molar-refractivity contribution in [3.8, 4) is 11.1 Å². The molecule has 3 nitrogen and oxygen atoms in total. The summed E-state index contributed by atoms with van der Waals surface area (Å²) < 4.78 is 6.02. The summed E-state index contributed by atoms with van der Waals surface area (Å²) in [6.07, 6.45) is 5.12. The van der Waals surface area contributed by atoms with Gasteiger partial charge in [0.2, 0.25) is 0 Å². The molecule has 1 fully saturated rings. The fourth-order valence-corrected chi connectivity index (χ4v) is 6.28. The maximum absolute atomic E-state index is 13.3. The molecule has 0 spiro atoms. The molecular formula is C31H31NO2. The Bertz CT molecular complexity index is 1230. The van der Waals surface area contributed by atoms with Crippen molar-refractivity contribution in [2.75, 3.05) is 6.61 Å². The summed E-state index contributed by atoms with van der Waals surface area (Å²) in [5.74, 6) is 0.581. The van der Waals surface area contributed by atoms with Gasteiger partial charge < -0.3 is 4.74 Å². The van der Waals surface area contributed by atoms with E-state index in [-0.39, 0.29) is 24.1 Å². The fourth-order valence-electron chi connectivity index (χ4n) is 6.28. The molecule has 0 aromatic heterocycles. The number of nitrogens with zero attached hydrogens (tertiary/aromatic N) is 1. The van der Waals surface area contributed by atoms with Crippen molar-refractivity contribution in [3.05, 3.63) is 101 Å². The van der Waals surface area contributed by atoms with Gasteiger partial charge in [-0.15, -0.1) is 0 Å². The summed E-state index contributed by atoms with van der Waals surface area (Å²) in [5, 5.41) is 0. The average Bonchev–Trinajstić information content (AvgIpc) is 3.33. The predicted octanol–water partition coefficient (Wildman–Crippen LogP) is 7.38. The molecule has 1 amide bonds. The van der Waals surface area contributed by atoms with Crippen molar-refractivity contribution in [2.24, 2.45) is 0 Å². The van der Waals surface area contributed by atoms with E-state index < -0.39 is 0 Å². The molecule has 3 aromatic rings. The van der Waals surface area contributed by atoms with Crippen LogP contribution in [-0.4, -0.2) is 29.7 Å². The number of hydrogen-bond donors (Lipinski definition) is 0. The summed E-state index contributed by atoms with van der Waals surface area (Å²) >= 11 is 0. The van der Waals surface area contributed by atoms with Crippen molar-refractivity contribution in [1.82, 2.24) is 4.90 Å². The molecular weight excluding hydrogens is 418 g/mol. The van der Waals surface area contributed by atoms with Gasteiger partial charge in [-0.2, -0.15) is 0 Å². The van der Waals surface area contributed by atoms with Crippen LogP contribution in [0.5, 0.6) is 0 Å². The third-order valence-corrected chi connectivity index (χ3v) is 7.87. The Morgan fingerprint density at radius 3 is 2.15 bits per heavy atom. The zero-order valence-corrected chi connectivity index (χ0v) is 19.9. The molecule has 6 rings (SSSR count). The minimum Gasteiger partial charge on any atom is -0.448 e. The standard InChI is InChI=1S/C31H31NO2/c1-20(2)24-9-3-4-10-25(24)21-17-22-15-16-23(18-21)32(22)31(33)34-19-30-28-13-7-5-11-26(28)27-12-6-8-14-29(27)30/h3-14,17,20,22-23,30H,15-16,18-19H2,1-2H3. The van der Waals surface area contributed by atoms with E-state index in [1.807, 2.05) is 4.90 Å². The predicted molar refractivity (Wildman–Crippen MR) is 137 cm³/mol. The van der Waals surface area contributed by atoms with Gasteiger partial charge in [0, 0.05) is 12.0 Å². The zero-order valence-electron chi connectivity index (χ0n) is 19.9. The van der Waals surface area contributed by atoms with Gasteiger partial charge in [-0.3, -0.25) is 4.90 Å². The number of ether oxygens (including phenoxy) is 1. The van der Waals surface area contributed by atoms with E-state index in [0.29, 0.717) is 12.5 Å². The highest BCUT2D eigenvalue weighted by Gasteiger charge is 2.41. The molecule has 2 atom stereocenters. The van der Waals surface area contributed by atoms with Gasteiger partial charge in [0.05, 0.1) is 6.04 Å². The molecule has 34 heavy (non-hydrogen) atoms. The highest BCUT2D eigenvalue weighted by molar-refractivity contribution is 5.79. The third-order valence-electron chi connectivity index (χ3n) is 7.87. The van der Waals surface area contributed by atoms with E-state index >= 15 is 0 Å². The number of carbonyl (C=O) groups is 1. The van der Waals surface area contributed by atoms with Crippen LogP contribution in [0.15, 0.2) is 78.9 Å². The lowest BCUT2D eigenvalue weighted by atomic mass is 9.88. The first-order valence-electron chi connectivity index (χ1n) is 12.5. The van der Waals surface area contributed by atoms with Crippen LogP contribution in [-0.2, 0) is 4.74 Å². The molecule has 1 saturated heterocycles. The first-order chi connectivity index (χ1) is 16.6. The first-order valence-corrected chi connectivity index (χ1v) is 12.5. The van der Waals surface area contributed by atoms with Crippen LogP contribution in [0.25, 0.3) is 16.7 Å². The Morgan fingerprint density at radius 1 is 0.882 bits per heavy atom. The Morgan fingerprint density at radius 2 is 1.50 bits per heavy atom. The third kappa shape index (κ3) is 3.46. The van der Waals surface area contributed by atoms with Crippen LogP contribution in [0.1, 0.15) is 67.2 Å². The Hall–Kier alpha value is -3.33. The SMILES string of the molecule is CC(C)c1ccccc1C1=CC2CCC(C1)N2C(=O)OCC1c2ccccc2-c2ccccc21. The molecule has 2 unspecified atom stereocenters. The van der Waals surface area contributed by atoms with E-state index in [2.05, 4.69) is 92.7 Å². The molecule has 2 heterocycles. The number of hydrogen-bond acceptors (Lipinski definition) is 2. The monoisotopic (exact) mass is 449 g/mol. The Labute approximate surface area is 202 Å². The minimum absolute atomic E-state index is 0.0998. The minimum atomic E-state index is -0.165. The molecule has 0 N–H and O–H groups in total. The molecule has 3 aliphatic rings. The zero-order chi connectivity index (χ0) is 23.2. The second-order valence-electron chi connectivity index (χ2n) is 10.1. The highest BCUT2D eigenvalue weighted by Crippen LogP contribution is 2.45. The van der Waals surface area contributed by atoms with E-state index in [4.69, 9.17) is 4.74 Å². The van der Waals surface area contributed by atoms with Gasteiger partial charge in [-0.05, 0) is 64.1 Å². The van der Waals surface area contributed by atoms with Crippen LogP contribution < -0.4 is 0 Å². The molecule has 3 aromatic carbocycles. The number of carbonyl (C=O) groups excluding carboxylic acids is 1. The Kier molecular flexibility index (Phi) is 5.28. The van der Waals surface area contributed by atoms with Crippen molar-refractivity contribution < 1.29 is 9.53 Å². The highest BCUT2D eigenvalue weighted by atomic mass is 16.6. The fraction of sp³-hybridized carbons (Fsp3) is 0.323. The van der Waals surface area contributed by atoms with Crippen LogP contribution in [0.2, 0.25) is 0 Å². The second kappa shape index (κ2) is 8.47. The number of rotatable bonds is 4. The van der Waals surface area contributed by atoms with E-state index in [1.54, 1.807) is 0 Å². The largest absolute Gasteiger partial charge is 0.448 e. The maximum atomic E-state index is 13.3. The van der Waals surface area contributed by atoms with E-state index in [1.165, 1.54) is 39.0 Å². The summed E-state index contributed by atoms with van der Waals surface area (Å²) in [7, 11) is 0. The van der Waals surface area contributed by atoms with Crippen LogP contribution in [0.4, 0.5) is 4.79 Å². The number of amides is 1. The van der Waals surface area contributed by atoms with Gasteiger partial charge >= 0.3 is 6.09 Å². The lowest BCUT2D eigenvalue weighted by molar-refractivity contribution is 0.0866. The van der Waals surface area contributed by atoms with E-state index in [9.17, 15) is 4.79 Å². The van der Waals surface area contributed by atoms with Gasteiger partial charge in [0.25, 0.3) is 0 Å². The summed E-state index contributed by atoms with van der Waals surface area (Å²) in [5.41, 5.74) is 9.15. The van der Waals surface area contributed by atoms with Gasteiger partial charge in [-0.1, -0.05) is 92.7 Å². The molecule has 0 radical (unpaired) electrons. The van der Waals surface area contributed by atoms with Crippen molar-refractivity contribution in [1.29, 1.82) is 0 Å². The van der Waals surface area contributed by atoms with Crippen LogP contribution >= 0.6 is 0 Å². The van der Waals surface area contributed by atoms with Crippen molar-refractivity contribution in [3.63, 3.8) is 0 Å². The van der Waals surface area contributed by atoms with Crippen LogP contribution in [0, 0.1) is 0 Å².